The number of aliphatic hydroxyl groups excluding tert-OH is 1. The van der Waals surface area contributed by atoms with Gasteiger partial charge in [0.25, 0.3) is 0 Å². The molecule has 0 aromatic carbocycles. The minimum absolute atomic E-state index is 0.0173. The number of aliphatic hydroxyl groups is 1. The summed E-state index contributed by atoms with van der Waals surface area (Å²) in [5, 5.41) is 12.6. The van der Waals surface area contributed by atoms with Gasteiger partial charge >= 0.3 is 6.18 Å². The van der Waals surface area contributed by atoms with Gasteiger partial charge in [0.1, 0.15) is 0 Å². The normalized spacial score (nSPS) is 16.1. The molecule has 1 atom stereocenters. The molecule has 0 aliphatic carbocycles. The van der Waals surface area contributed by atoms with E-state index in [9.17, 15) is 18.3 Å². The third-order valence-corrected chi connectivity index (χ3v) is 3.04. The lowest BCUT2D eigenvalue weighted by atomic mass is 9.95. The molecular formula is C13H27F3N2O. The maximum atomic E-state index is 12.3. The number of hydrogen-bond acceptors (Lipinski definition) is 3. The maximum absolute atomic E-state index is 12.3. The van der Waals surface area contributed by atoms with E-state index in [0.29, 0.717) is 25.9 Å². The summed E-state index contributed by atoms with van der Waals surface area (Å²) >= 11 is 0. The Morgan fingerprint density at radius 2 is 1.84 bits per heavy atom. The smallest absolute Gasteiger partial charge is 0.394 e. The predicted octanol–water partition coefficient (Wildman–Crippen LogP) is 2.40. The molecule has 0 aliphatic heterocycles. The van der Waals surface area contributed by atoms with Crippen molar-refractivity contribution in [1.29, 1.82) is 0 Å². The highest BCUT2D eigenvalue weighted by Gasteiger charge is 2.30. The van der Waals surface area contributed by atoms with Crippen molar-refractivity contribution < 1.29 is 18.3 Å². The van der Waals surface area contributed by atoms with Crippen LogP contribution < -0.4 is 5.32 Å². The van der Waals surface area contributed by atoms with E-state index in [1.807, 2.05) is 20.8 Å². The average Bonchev–Trinajstić information content (AvgIpc) is 2.25. The van der Waals surface area contributed by atoms with Gasteiger partial charge < -0.3 is 10.4 Å². The van der Waals surface area contributed by atoms with Crippen molar-refractivity contribution in [1.82, 2.24) is 10.2 Å². The molecular weight excluding hydrogens is 257 g/mol. The van der Waals surface area contributed by atoms with Crippen LogP contribution in [0.2, 0.25) is 0 Å². The summed E-state index contributed by atoms with van der Waals surface area (Å²) in [6.45, 7) is 7.48. The van der Waals surface area contributed by atoms with E-state index in [0.717, 1.165) is 0 Å². The Bertz CT molecular complexity index is 247. The van der Waals surface area contributed by atoms with Gasteiger partial charge in [0.05, 0.1) is 13.2 Å². The Hall–Kier alpha value is -0.330. The third kappa shape index (κ3) is 9.24. The largest absolute Gasteiger partial charge is 0.401 e. The number of nitrogens with one attached hydrogen (secondary N) is 1. The van der Waals surface area contributed by atoms with Crippen molar-refractivity contribution >= 4 is 0 Å². The van der Waals surface area contributed by atoms with Crippen molar-refractivity contribution in [2.75, 3.05) is 26.2 Å². The summed E-state index contributed by atoms with van der Waals surface area (Å²) in [6.07, 6.45) is -2.87. The van der Waals surface area contributed by atoms with Crippen LogP contribution in [-0.2, 0) is 0 Å². The van der Waals surface area contributed by atoms with Crippen LogP contribution in [0.1, 0.15) is 40.5 Å². The highest BCUT2D eigenvalue weighted by Crippen LogP contribution is 2.18. The van der Waals surface area contributed by atoms with E-state index in [2.05, 4.69) is 5.32 Å². The van der Waals surface area contributed by atoms with Crippen LogP contribution in [0.15, 0.2) is 0 Å². The fraction of sp³-hybridized carbons (Fsp3) is 1.00. The Kier molecular flexibility index (Phi) is 7.93. The van der Waals surface area contributed by atoms with Crippen molar-refractivity contribution in [3.05, 3.63) is 0 Å². The van der Waals surface area contributed by atoms with Crippen molar-refractivity contribution in [2.24, 2.45) is 0 Å². The number of halogens is 3. The van der Waals surface area contributed by atoms with E-state index in [4.69, 9.17) is 0 Å². The van der Waals surface area contributed by atoms with E-state index < -0.39 is 18.3 Å². The molecule has 0 aliphatic rings. The minimum Gasteiger partial charge on any atom is -0.394 e. The lowest BCUT2D eigenvalue weighted by Gasteiger charge is -2.32. The lowest BCUT2D eigenvalue weighted by molar-refractivity contribution is -0.145. The van der Waals surface area contributed by atoms with Crippen LogP contribution in [-0.4, -0.2) is 54.0 Å². The van der Waals surface area contributed by atoms with E-state index in [1.54, 1.807) is 6.92 Å². The van der Waals surface area contributed by atoms with Crippen molar-refractivity contribution in [3.63, 3.8) is 0 Å². The Morgan fingerprint density at radius 1 is 1.26 bits per heavy atom. The van der Waals surface area contributed by atoms with Crippen LogP contribution in [0.3, 0.4) is 0 Å². The first-order valence-electron chi connectivity index (χ1n) is 6.79. The molecule has 0 spiro atoms. The predicted molar refractivity (Wildman–Crippen MR) is 71.2 cm³/mol. The third-order valence-electron chi connectivity index (χ3n) is 3.04. The molecule has 0 amide bonds. The molecule has 0 saturated heterocycles. The monoisotopic (exact) mass is 284 g/mol. The Labute approximate surface area is 114 Å². The fourth-order valence-corrected chi connectivity index (χ4v) is 2.19. The van der Waals surface area contributed by atoms with Gasteiger partial charge in [0.2, 0.25) is 0 Å². The molecule has 6 heteroatoms. The summed E-state index contributed by atoms with van der Waals surface area (Å²) in [5.41, 5.74) is -0.425. The quantitative estimate of drug-likeness (QED) is 0.682. The first-order valence-corrected chi connectivity index (χ1v) is 6.79. The molecule has 19 heavy (non-hydrogen) atoms. The van der Waals surface area contributed by atoms with Gasteiger partial charge in [-0.15, -0.1) is 0 Å². The zero-order valence-electron chi connectivity index (χ0n) is 12.3. The van der Waals surface area contributed by atoms with E-state index >= 15 is 0 Å². The van der Waals surface area contributed by atoms with Gasteiger partial charge in [-0.3, -0.25) is 4.90 Å². The number of nitrogens with zero attached hydrogens (tertiary/aromatic N) is 1. The Morgan fingerprint density at radius 3 is 2.21 bits per heavy atom. The summed E-state index contributed by atoms with van der Waals surface area (Å²) < 4.78 is 36.9. The van der Waals surface area contributed by atoms with Gasteiger partial charge in [0, 0.05) is 11.6 Å². The maximum Gasteiger partial charge on any atom is 0.401 e. The summed E-state index contributed by atoms with van der Waals surface area (Å²) in [5.74, 6) is 0. The van der Waals surface area contributed by atoms with Crippen LogP contribution in [0.5, 0.6) is 0 Å². The molecule has 0 heterocycles. The van der Waals surface area contributed by atoms with Crippen molar-refractivity contribution in [3.8, 4) is 0 Å². The molecule has 0 rings (SSSR count). The molecule has 3 nitrogen and oxygen atoms in total. The first kappa shape index (κ1) is 18.7. The lowest BCUT2D eigenvalue weighted by Crippen LogP contribution is -2.49. The van der Waals surface area contributed by atoms with Crippen LogP contribution >= 0.6 is 0 Å². The standard InChI is InChI=1S/C13H27F3N2O/c1-5-18(9-13(14,15)16)8-6-7-12(4,10-19)17-11(2)3/h11,17,19H,5-10H2,1-4H3. The molecule has 0 fully saturated rings. The summed E-state index contributed by atoms with van der Waals surface area (Å²) in [7, 11) is 0. The molecule has 0 bridgehead atoms. The molecule has 0 aromatic rings. The summed E-state index contributed by atoms with van der Waals surface area (Å²) in [6, 6.07) is 0.231. The van der Waals surface area contributed by atoms with Gasteiger partial charge in [-0.25, -0.2) is 0 Å². The average molecular weight is 284 g/mol. The topological polar surface area (TPSA) is 35.5 Å². The van der Waals surface area contributed by atoms with Gasteiger partial charge in [-0.05, 0) is 32.9 Å². The first-order chi connectivity index (χ1) is 8.62. The second-order valence-corrected chi connectivity index (χ2v) is 5.61. The van der Waals surface area contributed by atoms with Crippen LogP contribution in [0.4, 0.5) is 13.2 Å². The molecule has 2 N–H and O–H groups in total. The molecule has 0 radical (unpaired) electrons. The highest BCUT2D eigenvalue weighted by atomic mass is 19.4. The van der Waals surface area contributed by atoms with Crippen molar-refractivity contribution in [2.45, 2.75) is 58.3 Å². The number of hydrogen-bond donors (Lipinski definition) is 2. The fourth-order valence-electron chi connectivity index (χ4n) is 2.19. The highest BCUT2D eigenvalue weighted by molar-refractivity contribution is 4.84. The second kappa shape index (κ2) is 8.07. The van der Waals surface area contributed by atoms with Crippen LogP contribution in [0.25, 0.3) is 0 Å². The number of alkyl halides is 3. The zero-order valence-corrected chi connectivity index (χ0v) is 12.3. The number of rotatable bonds is 9. The Balaban J connectivity index is 4.16. The van der Waals surface area contributed by atoms with Gasteiger partial charge in [-0.1, -0.05) is 20.8 Å². The van der Waals surface area contributed by atoms with Gasteiger partial charge in [-0.2, -0.15) is 13.2 Å². The summed E-state index contributed by atoms with van der Waals surface area (Å²) in [4.78, 5) is 1.38. The zero-order chi connectivity index (χ0) is 15.1. The SMILES string of the molecule is CCN(CCCC(C)(CO)NC(C)C)CC(F)(F)F. The van der Waals surface area contributed by atoms with E-state index in [-0.39, 0.29) is 12.6 Å². The second-order valence-electron chi connectivity index (χ2n) is 5.61. The molecule has 116 valence electrons. The van der Waals surface area contributed by atoms with Gasteiger partial charge in [0.15, 0.2) is 0 Å². The van der Waals surface area contributed by atoms with E-state index in [1.165, 1.54) is 4.90 Å². The molecule has 1 unspecified atom stereocenters. The molecule has 0 saturated carbocycles. The molecule has 0 aromatic heterocycles. The minimum atomic E-state index is -4.15. The van der Waals surface area contributed by atoms with Crippen LogP contribution in [0, 0.1) is 0 Å².